The van der Waals surface area contributed by atoms with Crippen molar-refractivity contribution in [3.63, 3.8) is 0 Å². The molecule has 0 amide bonds. The van der Waals surface area contributed by atoms with Gasteiger partial charge in [-0.3, -0.25) is 0 Å². The van der Waals surface area contributed by atoms with Gasteiger partial charge in [0.15, 0.2) is 0 Å². The third-order valence-electron chi connectivity index (χ3n) is 2.57. The van der Waals surface area contributed by atoms with E-state index in [1.165, 1.54) is 0 Å². The molecule has 3 nitrogen and oxygen atoms in total. The van der Waals surface area contributed by atoms with Crippen molar-refractivity contribution in [3.8, 4) is 0 Å². The van der Waals surface area contributed by atoms with Crippen LogP contribution in [-0.4, -0.2) is 4.98 Å². The molecule has 0 fully saturated rings. The highest BCUT2D eigenvalue weighted by Gasteiger charge is 2.09. The molecule has 0 atom stereocenters. The van der Waals surface area contributed by atoms with E-state index in [1.807, 2.05) is 12.1 Å². The second-order valence-electron chi connectivity index (χ2n) is 4.06. The van der Waals surface area contributed by atoms with Gasteiger partial charge in [0.1, 0.15) is 5.82 Å². The van der Waals surface area contributed by atoms with Crippen LogP contribution in [0.2, 0.25) is 0 Å². The van der Waals surface area contributed by atoms with Gasteiger partial charge in [0.05, 0.1) is 5.52 Å². The van der Waals surface area contributed by atoms with Gasteiger partial charge in [-0.25, -0.2) is 10.8 Å². The number of hydrazine groups is 1. The predicted molar refractivity (Wildman–Crippen MR) is 71.3 cm³/mol. The third-order valence-corrected chi connectivity index (χ3v) is 3.06. The van der Waals surface area contributed by atoms with E-state index in [2.05, 4.69) is 52.3 Å². The Hall–Kier alpha value is -1.13. The van der Waals surface area contributed by atoms with Crippen molar-refractivity contribution in [2.24, 2.45) is 5.84 Å². The number of benzene rings is 1. The van der Waals surface area contributed by atoms with Crippen LogP contribution in [-0.2, 0) is 0 Å². The van der Waals surface area contributed by atoms with Crippen LogP contribution in [0.15, 0.2) is 28.7 Å². The van der Waals surface area contributed by atoms with Crippen LogP contribution < -0.4 is 11.3 Å². The van der Waals surface area contributed by atoms with Crippen LogP contribution in [0.25, 0.3) is 10.9 Å². The van der Waals surface area contributed by atoms with E-state index >= 15 is 0 Å². The first-order chi connectivity index (χ1) is 7.61. The Morgan fingerprint density at radius 1 is 1.31 bits per heavy atom. The van der Waals surface area contributed by atoms with E-state index < -0.39 is 0 Å². The van der Waals surface area contributed by atoms with Gasteiger partial charge in [-0.05, 0) is 35.7 Å². The monoisotopic (exact) mass is 279 g/mol. The van der Waals surface area contributed by atoms with Crippen molar-refractivity contribution < 1.29 is 0 Å². The third kappa shape index (κ3) is 2.03. The molecule has 1 aromatic heterocycles. The number of rotatable bonds is 2. The standard InChI is InChI=1S/C12H14BrN3/c1-7(2)10-6-8-5-9(13)3-4-11(8)15-12(10)16-14/h3-7H,14H2,1-2H3,(H,15,16). The lowest BCUT2D eigenvalue weighted by atomic mass is 10.0. The normalized spacial score (nSPS) is 11.1. The van der Waals surface area contributed by atoms with E-state index in [0.29, 0.717) is 5.92 Å². The molecule has 1 heterocycles. The Morgan fingerprint density at radius 3 is 2.69 bits per heavy atom. The molecule has 0 unspecified atom stereocenters. The van der Waals surface area contributed by atoms with Gasteiger partial charge in [0, 0.05) is 9.86 Å². The number of hydrogen-bond donors (Lipinski definition) is 2. The molecule has 1 aromatic carbocycles. The Kier molecular flexibility index (Phi) is 3.12. The number of nitrogen functional groups attached to an aromatic ring is 1. The molecular weight excluding hydrogens is 266 g/mol. The summed E-state index contributed by atoms with van der Waals surface area (Å²) in [6, 6.07) is 8.15. The summed E-state index contributed by atoms with van der Waals surface area (Å²) in [7, 11) is 0. The number of nitrogens with zero attached hydrogens (tertiary/aromatic N) is 1. The second-order valence-corrected chi connectivity index (χ2v) is 4.98. The molecule has 0 aliphatic rings. The first-order valence-corrected chi connectivity index (χ1v) is 5.98. The van der Waals surface area contributed by atoms with Crippen LogP contribution in [0.5, 0.6) is 0 Å². The lowest BCUT2D eigenvalue weighted by Gasteiger charge is -2.12. The van der Waals surface area contributed by atoms with Crippen molar-refractivity contribution >= 4 is 32.7 Å². The van der Waals surface area contributed by atoms with E-state index in [4.69, 9.17) is 5.84 Å². The minimum Gasteiger partial charge on any atom is -0.308 e. The smallest absolute Gasteiger partial charge is 0.144 e. The second kappa shape index (κ2) is 4.39. The Bertz CT molecular complexity index is 523. The molecule has 0 aliphatic heterocycles. The summed E-state index contributed by atoms with van der Waals surface area (Å²) in [5.74, 6) is 6.63. The molecule has 16 heavy (non-hydrogen) atoms. The lowest BCUT2D eigenvalue weighted by Crippen LogP contribution is -2.11. The van der Waals surface area contributed by atoms with Gasteiger partial charge in [-0.15, -0.1) is 0 Å². The van der Waals surface area contributed by atoms with Gasteiger partial charge in [-0.1, -0.05) is 29.8 Å². The van der Waals surface area contributed by atoms with Crippen LogP contribution in [0, 0.1) is 0 Å². The highest BCUT2D eigenvalue weighted by Crippen LogP contribution is 2.27. The molecule has 0 radical (unpaired) electrons. The topological polar surface area (TPSA) is 50.9 Å². The number of anilines is 1. The fraction of sp³-hybridized carbons (Fsp3) is 0.250. The summed E-state index contributed by atoms with van der Waals surface area (Å²) in [4.78, 5) is 4.50. The number of aromatic nitrogens is 1. The molecular formula is C12H14BrN3. The molecule has 2 rings (SSSR count). The minimum atomic E-state index is 0.391. The Balaban J connectivity index is 2.70. The number of nitrogens with one attached hydrogen (secondary N) is 1. The highest BCUT2D eigenvalue weighted by molar-refractivity contribution is 9.10. The molecule has 4 heteroatoms. The van der Waals surface area contributed by atoms with E-state index in [1.54, 1.807) is 0 Å². The zero-order chi connectivity index (χ0) is 11.7. The van der Waals surface area contributed by atoms with Gasteiger partial charge in [-0.2, -0.15) is 0 Å². The molecule has 84 valence electrons. The maximum absolute atomic E-state index is 5.49. The largest absolute Gasteiger partial charge is 0.308 e. The van der Waals surface area contributed by atoms with Crippen LogP contribution >= 0.6 is 15.9 Å². The Morgan fingerprint density at radius 2 is 2.06 bits per heavy atom. The van der Waals surface area contributed by atoms with Gasteiger partial charge < -0.3 is 5.43 Å². The number of hydrogen-bond acceptors (Lipinski definition) is 3. The SMILES string of the molecule is CC(C)c1cc2cc(Br)ccc2nc1NN. The summed E-state index contributed by atoms with van der Waals surface area (Å²) in [6.45, 7) is 4.25. The number of pyridine rings is 1. The van der Waals surface area contributed by atoms with Crippen LogP contribution in [0.1, 0.15) is 25.3 Å². The summed E-state index contributed by atoms with van der Waals surface area (Å²) in [5.41, 5.74) is 4.74. The molecule has 0 aliphatic carbocycles. The summed E-state index contributed by atoms with van der Waals surface area (Å²) < 4.78 is 1.06. The van der Waals surface area contributed by atoms with Gasteiger partial charge >= 0.3 is 0 Å². The lowest BCUT2D eigenvalue weighted by molar-refractivity contribution is 0.862. The number of fused-ring (bicyclic) bond motifs is 1. The number of halogens is 1. The fourth-order valence-electron chi connectivity index (χ4n) is 1.72. The van der Waals surface area contributed by atoms with Crippen LogP contribution in [0.3, 0.4) is 0 Å². The minimum absolute atomic E-state index is 0.391. The van der Waals surface area contributed by atoms with Crippen molar-refractivity contribution in [2.45, 2.75) is 19.8 Å². The molecule has 2 aromatic rings. The maximum Gasteiger partial charge on any atom is 0.144 e. The van der Waals surface area contributed by atoms with Crippen molar-refractivity contribution in [2.75, 3.05) is 5.43 Å². The quantitative estimate of drug-likeness (QED) is 0.654. The van der Waals surface area contributed by atoms with Gasteiger partial charge in [0.2, 0.25) is 0 Å². The van der Waals surface area contributed by atoms with E-state index in [-0.39, 0.29) is 0 Å². The fourth-order valence-corrected chi connectivity index (χ4v) is 2.10. The first kappa shape index (κ1) is 11.4. The summed E-state index contributed by atoms with van der Waals surface area (Å²) >= 11 is 3.46. The van der Waals surface area contributed by atoms with Crippen LogP contribution in [0.4, 0.5) is 5.82 Å². The van der Waals surface area contributed by atoms with Crippen molar-refractivity contribution in [3.05, 3.63) is 34.3 Å². The average Bonchev–Trinajstić information content (AvgIpc) is 2.27. The zero-order valence-corrected chi connectivity index (χ0v) is 10.9. The summed E-state index contributed by atoms with van der Waals surface area (Å²) in [6.07, 6.45) is 0. The predicted octanol–water partition coefficient (Wildman–Crippen LogP) is 3.41. The molecule has 3 N–H and O–H groups in total. The zero-order valence-electron chi connectivity index (χ0n) is 9.29. The number of nitrogens with two attached hydrogens (primary N) is 1. The van der Waals surface area contributed by atoms with E-state index in [0.717, 1.165) is 26.8 Å². The molecule has 0 spiro atoms. The first-order valence-electron chi connectivity index (χ1n) is 5.18. The average molecular weight is 280 g/mol. The Labute approximate surface area is 103 Å². The van der Waals surface area contributed by atoms with Gasteiger partial charge in [0.25, 0.3) is 0 Å². The molecule has 0 saturated heterocycles. The van der Waals surface area contributed by atoms with Crippen molar-refractivity contribution in [1.29, 1.82) is 0 Å². The summed E-state index contributed by atoms with van der Waals surface area (Å²) in [5, 5.41) is 1.12. The van der Waals surface area contributed by atoms with Crippen molar-refractivity contribution in [1.82, 2.24) is 4.98 Å². The maximum atomic E-state index is 5.49. The van der Waals surface area contributed by atoms with E-state index in [9.17, 15) is 0 Å². The molecule has 0 bridgehead atoms. The molecule has 0 saturated carbocycles. The highest BCUT2D eigenvalue weighted by atomic mass is 79.9.